The zero-order valence-corrected chi connectivity index (χ0v) is 14.9. The average Bonchev–Trinajstić information content (AvgIpc) is 2.68. The second kappa shape index (κ2) is 9.36. The Kier molecular flexibility index (Phi) is 6.91. The van der Waals surface area contributed by atoms with Gasteiger partial charge in [0.15, 0.2) is 0 Å². The van der Waals surface area contributed by atoms with E-state index in [0.717, 1.165) is 5.56 Å². The standard InChI is InChI=1S/C20H23N3O3/c1-14(18(24)21-2)22-20(26)17(13-15-9-5-3-6-10-15)23-19(25)16-11-7-4-8-12-16/h3-12,14,17H,13H2,1-2H3,(H,21,24)(H,22,26)(H,23,25)/t14-,17+/m0/s1. The summed E-state index contributed by atoms with van der Waals surface area (Å²) in [5.41, 5.74) is 1.38. The summed E-state index contributed by atoms with van der Waals surface area (Å²) in [5.74, 6) is -1.05. The van der Waals surface area contributed by atoms with Gasteiger partial charge in [-0.2, -0.15) is 0 Å². The van der Waals surface area contributed by atoms with Crippen LogP contribution >= 0.6 is 0 Å². The van der Waals surface area contributed by atoms with E-state index in [0.29, 0.717) is 12.0 Å². The Balaban J connectivity index is 2.14. The largest absolute Gasteiger partial charge is 0.357 e. The Labute approximate surface area is 153 Å². The Morgan fingerprint density at radius 3 is 2.00 bits per heavy atom. The van der Waals surface area contributed by atoms with Crippen LogP contribution in [0.3, 0.4) is 0 Å². The van der Waals surface area contributed by atoms with E-state index in [1.54, 1.807) is 31.2 Å². The zero-order valence-electron chi connectivity index (χ0n) is 14.9. The first-order valence-electron chi connectivity index (χ1n) is 8.43. The van der Waals surface area contributed by atoms with Crippen LogP contribution < -0.4 is 16.0 Å². The summed E-state index contributed by atoms with van der Waals surface area (Å²) < 4.78 is 0. The van der Waals surface area contributed by atoms with Crippen LogP contribution in [0.5, 0.6) is 0 Å². The first-order chi connectivity index (χ1) is 12.5. The van der Waals surface area contributed by atoms with Crippen LogP contribution in [0.1, 0.15) is 22.8 Å². The molecule has 0 aromatic heterocycles. The van der Waals surface area contributed by atoms with E-state index in [1.807, 2.05) is 36.4 Å². The molecule has 0 spiro atoms. The molecule has 0 bridgehead atoms. The predicted molar refractivity (Wildman–Crippen MR) is 99.5 cm³/mol. The van der Waals surface area contributed by atoms with E-state index in [2.05, 4.69) is 16.0 Å². The first kappa shape index (κ1) is 19.2. The van der Waals surface area contributed by atoms with Crippen molar-refractivity contribution in [2.45, 2.75) is 25.4 Å². The van der Waals surface area contributed by atoms with E-state index in [4.69, 9.17) is 0 Å². The number of carbonyl (C=O) groups is 3. The Hall–Kier alpha value is -3.15. The van der Waals surface area contributed by atoms with E-state index in [9.17, 15) is 14.4 Å². The maximum atomic E-state index is 12.6. The highest BCUT2D eigenvalue weighted by molar-refractivity contribution is 5.98. The maximum Gasteiger partial charge on any atom is 0.251 e. The molecule has 2 aromatic rings. The van der Waals surface area contributed by atoms with Crippen LogP contribution in [0, 0.1) is 0 Å². The highest BCUT2D eigenvalue weighted by atomic mass is 16.2. The second-order valence-corrected chi connectivity index (χ2v) is 5.93. The van der Waals surface area contributed by atoms with Gasteiger partial charge in [-0.25, -0.2) is 0 Å². The molecular formula is C20H23N3O3. The molecule has 0 saturated carbocycles. The fourth-order valence-corrected chi connectivity index (χ4v) is 2.49. The van der Waals surface area contributed by atoms with Crippen LogP contribution in [0.15, 0.2) is 60.7 Å². The molecule has 26 heavy (non-hydrogen) atoms. The van der Waals surface area contributed by atoms with Crippen molar-refractivity contribution < 1.29 is 14.4 Å². The fraction of sp³-hybridized carbons (Fsp3) is 0.250. The number of benzene rings is 2. The molecule has 6 nitrogen and oxygen atoms in total. The van der Waals surface area contributed by atoms with Crippen molar-refractivity contribution >= 4 is 17.7 Å². The Morgan fingerprint density at radius 2 is 1.42 bits per heavy atom. The highest BCUT2D eigenvalue weighted by Crippen LogP contribution is 2.06. The molecule has 0 aliphatic heterocycles. The smallest absolute Gasteiger partial charge is 0.251 e. The summed E-state index contributed by atoms with van der Waals surface area (Å²) in [5, 5.41) is 7.89. The van der Waals surface area contributed by atoms with Gasteiger partial charge in [0.05, 0.1) is 0 Å². The number of carbonyl (C=O) groups excluding carboxylic acids is 3. The second-order valence-electron chi connectivity index (χ2n) is 5.93. The topological polar surface area (TPSA) is 87.3 Å². The number of amides is 3. The number of hydrogen-bond donors (Lipinski definition) is 3. The summed E-state index contributed by atoms with van der Waals surface area (Å²) in [7, 11) is 1.50. The van der Waals surface area contributed by atoms with Crippen molar-refractivity contribution in [3.63, 3.8) is 0 Å². The van der Waals surface area contributed by atoms with Gasteiger partial charge in [-0.1, -0.05) is 48.5 Å². The fourth-order valence-electron chi connectivity index (χ4n) is 2.49. The lowest BCUT2D eigenvalue weighted by molar-refractivity contribution is -0.129. The van der Waals surface area contributed by atoms with Gasteiger partial charge in [0, 0.05) is 19.0 Å². The lowest BCUT2D eigenvalue weighted by Crippen LogP contribution is -2.53. The molecule has 6 heteroatoms. The van der Waals surface area contributed by atoms with Gasteiger partial charge in [0.1, 0.15) is 12.1 Å². The molecule has 0 fully saturated rings. The van der Waals surface area contributed by atoms with Gasteiger partial charge in [0.2, 0.25) is 11.8 Å². The molecular weight excluding hydrogens is 330 g/mol. The zero-order chi connectivity index (χ0) is 18.9. The molecule has 2 aromatic carbocycles. The van der Waals surface area contributed by atoms with Crippen molar-refractivity contribution in [3.8, 4) is 0 Å². The van der Waals surface area contributed by atoms with Crippen molar-refractivity contribution in [1.29, 1.82) is 0 Å². The number of rotatable bonds is 7. The average molecular weight is 353 g/mol. The van der Waals surface area contributed by atoms with Crippen molar-refractivity contribution in [3.05, 3.63) is 71.8 Å². The molecule has 0 aliphatic rings. The minimum Gasteiger partial charge on any atom is -0.357 e. The molecule has 2 atom stereocenters. The molecule has 136 valence electrons. The molecule has 3 N–H and O–H groups in total. The molecule has 0 heterocycles. The van der Waals surface area contributed by atoms with Gasteiger partial charge in [-0.05, 0) is 24.6 Å². The SMILES string of the molecule is CNC(=O)[C@H](C)NC(=O)[C@@H](Cc1ccccc1)NC(=O)c1ccccc1. The van der Waals surface area contributed by atoms with E-state index < -0.39 is 18.0 Å². The Bertz CT molecular complexity index is 747. The van der Waals surface area contributed by atoms with Gasteiger partial charge in [0.25, 0.3) is 5.91 Å². The Morgan fingerprint density at radius 1 is 0.846 bits per heavy atom. The lowest BCUT2D eigenvalue weighted by atomic mass is 10.0. The van der Waals surface area contributed by atoms with Gasteiger partial charge in [-0.3, -0.25) is 14.4 Å². The monoisotopic (exact) mass is 353 g/mol. The van der Waals surface area contributed by atoms with E-state index in [1.165, 1.54) is 7.05 Å². The van der Waals surface area contributed by atoms with Crippen LogP contribution in [0.25, 0.3) is 0 Å². The summed E-state index contributed by atoms with van der Waals surface area (Å²) in [4.78, 5) is 36.8. The number of nitrogens with one attached hydrogen (secondary N) is 3. The molecule has 0 unspecified atom stereocenters. The van der Waals surface area contributed by atoms with E-state index in [-0.39, 0.29) is 11.8 Å². The third-order valence-corrected chi connectivity index (χ3v) is 3.94. The normalized spacial score (nSPS) is 12.5. The minimum absolute atomic E-state index is 0.300. The third kappa shape index (κ3) is 5.44. The van der Waals surface area contributed by atoms with Crippen molar-refractivity contribution in [2.24, 2.45) is 0 Å². The van der Waals surface area contributed by atoms with Crippen molar-refractivity contribution in [1.82, 2.24) is 16.0 Å². The molecule has 0 aliphatic carbocycles. The molecule has 3 amide bonds. The predicted octanol–water partition coefficient (Wildman–Crippen LogP) is 1.28. The van der Waals surface area contributed by atoms with Crippen LogP contribution in [0.2, 0.25) is 0 Å². The summed E-state index contributed by atoms with van der Waals surface area (Å²) >= 11 is 0. The quantitative estimate of drug-likeness (QED) is 0.701. The van der Waals surface area contributed by atoms with Crippen LogP contribution in [-0.2, 0) is 16.0 Å². The van der Waals surface area contributed by atoms with Gasteiger partial charge in [-0.15, -0.1) is 0 Å². The molecule has 0 radical (unpaired) electrons. The van der Waals surface area contributed by atoms with E-state index >= 15 is 0 Å². The number of hydrogen-bond acceptors (Lipinski definition) is 3. The van der Waals surface area contributed by atoms with Crippen molar-refractivity contribution in [2.75, 3.05) is 7.05 Å². The number of likely N-dealkylation sites (N-methyl/N-ethyl adjacent to an activating group) is 1. The summed E-state index contributed by atoms with van der Waals surface area (Å²) in [6.45, 7) is 1.59. The highest BCUT2D eigenvalue weighted by Gasteiger charge is 2.24. The van der Waals surface area contributed by atoms with Gasteiger partial charge >= 0.3 is 0 Å². The third-order valence-electron chi connectivity index (χ3n) is 3.94. The maximum absolute atomic E-state index is 12.6. The minimum atomic E-state index is -0.794. The van der Waals surface area contributed by atoms with Crippen LogP contribution in [0.4, 0.5) is 0 Å². The summed E-state index contributed by atoms with van der Waals surface area (Å²) in [6.07, 6.45) is 0.325. The van der Waals surface area contributed by atoms with Gasteiger partial charge < -0.3 is 16.0 Å². The summed E-state index contributed by atoms with van der Waals surface area (Å²) in [6, 6.07) is 16.6. The lowest BCUT2D eigenvalue weighted by Gasteiger charge is -2.21. The molecule has 0 saturated heterocycles. The first-order valence-corrected chi connectivity index (χ1v) is 8.43. The molecule has 2 rings (SSSR count). The van der Waals surface area contributed by atoms with Crippen LogP contribution in [-0.4, -0.2) is 36.9 Å².